The highest BCUT2D eigenvalue weighted by molar-refractivity contribution is 7.13. The zero-order valence-electron chi connectivity index (χ0n) is 20.9. The normalized spacial score (nSPS) is 13.7. The molecule has 2 aromatic carbocycles. The lowest BCUT2D eigenvalue weighted by Gasteiger charge is -2.33. The summed E-state index contributed by atoms with van der Waals surface area (Å²) < 4.78 is 34.9. The first-order valence-electron chi connectivity index (χ1n) is 12.0. The number of rotatable bonds is 9. The molecule has 0 spiro atoms. The van der Waals surface area contributed by atoms with E-state index in [1.807, 2.05) is 29.6 Å². The molecule has 0 saturated heterocycles. The Balaban J connectivity index is 1.41. The fourth-order valence-electron chi connectivity index (χ4n) is 4.17. The van der Waals surface area contributed by atoms with E-state index in [4.69, 9.17) is 9.72 Å². The van der Waals surface area contributed by atoms with Gasteiger partial charge in [0.05, 0.1) is 23.9 Å². The van der Waals surface area contributed by atoms with Gasteiger partial charge in [-0.05, 0) is 13.0 Å². The molecule has 0 aliphatic heterocycles. The minimum atomic E-state index is -1.79. The van der Waals surface area contributed by atoms with Crippen LogP contribution in [0.2, 0.25) is 0 Å². The number of nitrogens with zero attached hydrogens (tertiary/aromatic N) is 5. The van der Waals surface area contributed by atoms with Gasteiger partial charge in [0.2, 0.25) is 0 Å². The molecule has 0 saturated carbocycles. The van der Waals surface area contributed by atoms with E-state index in [9.17, 15) is 18.7 Å². The highest BCUT2D eigenvalue weighted by Gasteiger charge is 2.41. The first-order valence-corrected chi connectivity index (χ1v) is 13.7. The molecule has 2 unspecified atom stereocenters. The second-order valence-electron chi connectivity index (χ2n) is 8.77. The fraction of sp³-hybridized carbons (Fsp3) is 0.222. The predicted octanol–water partition coefficient (Wildman–Crippen LogP) is 5.67. The Labute approximate surface area is 230 Å². The molecule has 0 fully saturated rings. The number of hydrogen-bond acceptors (Lipinski definition) is 9. The monoisotopic (exact) mass is 567 g/mol. The van der Waals surface area contributed by atoms with Crippen molar-refractivity contribution in [1.29, 1.82) is 0 Å². The maximum atomic E-state index is 14.9. The van der Waals surface area contributed by atoms with Crippen molar-refractivity contribution in [1.82, 2.24) is 24.7 Å². The molecule has 0 aliphatic rings. The van der Waals surface area contributed by atoms with Crippen LogP contribution in [0.4, 0.5) is 8.78 Å². The van der Waals surface area contributed by atoms with E-state index in [-0.39, 0.29) is 24.4 Å². The van der Waals surface area contributed by atoms with Crippen molar-refractivity contribution in [3.05, 3.63) is 93.8 Å². The Morgan fingerprint density at radius 3 is 2.56 bits per heavy atom. The Kier molecular flexibility index (Phi) is 7.60. The summed E-state index contributed by atoms with van der Waals surface area (Å²) in [6.45, 7) is 3.66. The van der Waals surface area contributed by atoms with Crippen LogP contribution in [0.3, 0.4) is 0 Å². The first-order chi connectivity index (χ1) is 18.8. The average molecular weight is 568 g/mol. The molecule has 0 radical (unpaired) electrons. The molecule has 2 atom stereocenters. The van der Waals surface area contributed by atoms with Crippen molar-refractivity contribution in [2.45, 2.75) is 31.9 Å². The van der Waals surface area contributed by atoms with Gasteiger partial charge in [0.15, 0.2) is 5.69 Å². The van der Waals surface area contributed by atoms with Crippen LogP contribution in [-0.4, -0.2) is 42.4 Å². The Hall–Kier alpha value is -3.87. The van der Waals surface area contributed by atoms with E-state index in [1.54, 1.807) is 19.2 Å². The van der Waals surface area contributed by atoms with E-state index in [2.05, 4.69) is 15.1 Å². The summed E-state index contributed by atoms with van der Waals surface area (Å²) in [7, 11) is 0. The summed E-state index contributed by atoms with van der Waals surface area (Å²) >= 11 is 2.68. The number of esters is 1. The maximum Gasteiger partial charge on any atom is 0.357 e. The second-order valence-corrected chi connectivity index (χ2v) is 10.5. The Morgan fingerprint density at radius 1 is 1.10 bits per heavy atom. The lowest BCUT2D eigenvalue weighted by molar-refractivity contribution is -0.0112. The first kappa shape index (κ1) is 26.7. The molecule has 0 bridgehead atoms. The molecule has 39 heavy (non-hydrogen) atoms. The van der Waals surface area contributed by atoms with Gasteiger partial charge in [-0.3, -0.25) is 0 Å². The molecule has 0 aliphatic carbocycles. The van der Waals surface area contributed by atoms with Crippen LogP contribution in [0.5, 0.6) is 0 Å². The van der Waals surface area contributed by atoms with Gasteiger partial charge in [0.25, 0.3) is 0 Å². The van der Waals surface area contributed by atoms with E-state index >= 15 is 0 Å². The molecule has 8 nitrogen and oxygen atoms in total. The fourth-order valence-corrected chi connectivity index (χ4v) is 5.94. The number of ether oxygens (including phenoxy) is 1. The van der Waals surface area contributed by atoms with Gasteiger partial charge in [-0.2, -0.15) is 5.10 Å². The zero-order chi connectivity index (χ0) is 27.6. The zero-order valence-corrected chi connectivity index (χ0v) is 22.5. The number of thiazole rings is 2. The molecular formula is C27H23F2N5O3S2. The van der Waals surface area contributed by atoms with Crippen molar-refractivity contribution < 1.29 is 23.4 Å². The minimum Gasteiger partial charge on any atom is -0.461 e. The summed E-state index contributed by atoms with van der Waals surface area (Å²) in [4.78, 5) is 24.9. The van der Waals surface area contributed by atoms with Crippen molar-refractivity contribution in [3.63, 3.8) is 0 Å². The van der Waals surface area contributed by atoms with Gasteiger partial charge in [-0.25, -0.2) is 33.2 Å². The van der Waals surface area contributed by atoms with Crippen LogP contribution in [0.25, 0.3) is 21.8 Å². The summed E-state index contributed by atoms with van der Waals surface area (Å²) in [5.74, 6) is -2.71. The molecule has 3 aromatic heterocycles. The lowest BCUT2D eigenvalue weighted by Crippen LogP contribution is -2.38. The van der Waals surface area contributed by atoms with Gasteiger partial charge >= 0.3 is 5.97 Å². The Morgan fingerprint density at radius 2 is 1.87 bits per heavy atom. The van der Waals surface area contributed by atoms with Crippen LogP contribution in [0.1, 0.15) is 40.8 Å². The summed E-state index contributed by atoms with van der Waals surface area (Å²) in [6, 6.07) is 10.7. The third-order valence-corrected chi connectivity index (χ3v) is 8.21. The summed E-state index contributed by atoms with van der Waals surface area (Å²) in [5.41, 5.74) is 0.794. The van der Waals surface area contributed by atoms with Gasteiger partial charge in [-0.15, -0.1) is 22.7 Å². The number of carbonyl (C=O) groups excluding carboxylic acids is 1. The smallest absolute Gasteiger partial charge is 0.357 e. The van der Waals surface area contributed by atoms with Crippen molar-refractivity contribution >= 4 is 28.6 Å². The number of aliphatic hydroxyl groups is 1. The van der Waals surface area contributed by atoms with E-state index in [0.29, 0.717) is 15.7 Å². The lowest BCUT2D eigenvalue weighted by atomic mass is 9.82. The number of halogens is 2. The van der Waals surface area contributed by atoms with Gasteiger partial charge in [0.1, 0.15) is 34.9 Å². The molecule has 200 valence electrons. The van der Waals surface area contributed by atoms with E-state index < -0.39 is 29.1 Å². The second kappa shape index (κ2) is 11.1. The van der Waals surface area contributed by atoms with Crippen molar-refractivity contribution in [2.24, 2.45) is 0 Å². The minimum absolute atomic E-state index is 0.0568. The van der Waals surface area contributed by atoms with Crippen LogP contribution in [-0.2, 0) is 16.9 Å². The highest BCUT2D eigenvalue weighted by atomic mass is 32.1. The molecule has 1 N–H and O–H groups in total. The topological polar surface area (TPSA) is 103 Å². The molecule has 3 heterocycles. The quantitative estimate of drug-likeness (QED) is 0.229. The van der Waals surface area contributed by atoms with Crippen LogP contribution in [0, 0.1) is 11.6 Å². The molecule has 5 rings (SSSR count). The molecule has 0 amide bonds. The number of hydrogen-bond donors (Lipinski definition) is 1. The van der Waals surface area contributed by atoms with Gasteiger partial charge in [-0.1, -0.05) is 37.3 Å². The van der Waals surface area contributed by atoms with Gasteiger partial charge in [0, 0.05) is 39.4 Å². The molecule has 12 heteroatoms. The highest BCUT2D eigenvalue weighted by Crippen LogP contribution is 2.41. The van der Waals surface area contributed by atoms with Crippen LogP contribution < -0.4 is 0 Å². The predicted molar refractivity (Wildman–Crippen MR) is 143 cm³/mol. The van der Waals surface area contributed by atoms with E-state index in [1.165, 1.54) is 46.1 Å². The van der Waals surface area contributed by atoms with Crippen LogP contribution in [0.15, 0.2) is 65.9 Å². The summed E-state index contributed by atoms with van der Waals surface area (Å²) in [5, 5.41) is 20.7. The standard InChI is InChI=1S/C27H23F2N5O3S2/c1-3-37-26(35)23-12-39-25(33-23)18-6-4-17(5-7-18)22-11-38-24(32-22)16(2)27(36,13-34-15-30-14-31-34)20-9-8-19(28)10-21(20)29/h4-12,14-16,36H,3,13H2,1-2H3. The van der Waals surface area contributed by atoms with Gasteiger partial charge < -0.3 is 9.84 Å². The number of benzene rings is 2. The van der Waals surface area contributed by atoms with E-state index in [0.717, 1.165) is 23.3 Å². The molecular weight excluding hydrogens is 544 g/mol. The van der Waals surface area contributed by atoms with Crippen molar-refractivity contribution in [2.75, 3.05) is 6.61 Å². The number of carbonyl (C=O) groups is 1. The summed E-state index contributed by atoms with van der Waals surface area (Å²) in [6.07, 6.45) is 2.74. The number of aromatic nitrogens is 5. The SMILES string of the molecule is CCOC(=O)c1csc(-c2ccc(-c3csc(C(C)C(O)(Cn4cncn4)c4ccc(F)cc4F)n3)cc2)n1. The van der Waals surface area contributed by atoms with Crippen molar-refractivity contribution in [3.8, 4) is 21.8 Å². The average Bonchev–Trinajstić information content (AvgIpc) is 3.71. The Bertz CT molecular complexity index is 1590. The largest absolute Gasteiger partial charge is 0.461 e. The molecule has 5 aromatic rings. The maximum absolute atomic E-state index is 14.9. The third kappa shape index (κ3) is 5.49. The third-order valence-electron chi connectivity index (χ3n) is 6.29. The van der Waals surface area contributed by atoms with Crippen LogP contribution >= 0.6 is 22.7 Å².